The van der Waals surface area contributed by atoms with Crippen molar-refractivity contribution in [3.63, 3.8) is 0 Å². The summed E-state index contributed by atoms with van der Waals surface area (Å²) in [5, 5.41) is 0. The second-order valence-corrected chi connectivity index (χ2v) is 3.88. The fourth-order valence-corrected chi connectivity index (χ4v) is 0. The first kappa shape index (κ1) is 9.99. The van der Waals surface area contributed by atoms with Crippen LogP contribution in [0.1, 0.15) is 0 Å². The summed E-state index contributed by atoms with van der Waals surface area (Å²) in [6.07, 6.45) is 0. The van der Waals surface area contributed by atoms with E-state index in [4.69, 9.17) is 4.89 Å². The van der Waals surface area contributed by atoms with Gasteiger partial charge >= 0.3 is 0 Å². The van der Waals surface area contributed by atoms with Gasteiger partial charge in [-0.05, 0) is 0 Å². The van der Waals surface area contributed by atoms with Gasteiger partial charge in [-0.1, -0.05) is 0 Å². The van der Waals surface area contributed by atoms with Crippen LogP contribution in [0, 0.1) is 0 Å². The molecule has 0 aliphatic rings. The van der Waals surface area contributed by atoms with E-state index in [0.717, 1.165) is 0 Å². The van der Waals surface area contributed by atoms with Crippen LogP contribution in [0.5, 0.6) is 0 Å². The second-order valence-electron chi connectivity index (χ2n) is 1.29. The molecule has 0 bridgehead atoms. The van der Waals surface area contributed by atoms with Gasteiger partial charge in [-0.2, -0.15) is 0 Å². The van der Waals surface area contributed by atoms with E-state index in [-0.39, 0.29) is 21.1 Å². The molecule has 38 valence electrons. The molecule has 0 saturated carbocycles. The molecule has 4 heteroatoms. The van der Waals surface area contributed by atoms with Crippen molar-refractivity contribution < 1.29 is 30.5 Å². The van der Waals surface area contributed by atoms with Crippen molar-refractivity contribution in [1.29, 1.82) is 0 Å². The molecule has 0 radical (unpaired) electrons. The molecule has 1 N–H and O–H groups in total. The van der Waals surface area contributed by atoms with Crippen LogP contribution < -0.4 is 0 Å². The maximum absolute atomic E-state index is 9.77. The van der Waals surface area contributed by atoms with Gasteiger partial charge in [0.15, 0.2) is 7.37 Å². The molecule has 0 fully saturated rings. The van der Waals surface area contributed by atoms with Crippen molar-refractivity contribution in [2.75, 3.05) is 13.3 Å². The Balaban J connectivity index is 0. The molecule has 0 aromatic carbocycles. The Kier molecular flexibility index (Phi) is 4.92. The summed E-state index contributed by atoms with van der Waals surface area (Å²) < 4.78 is 9.77. The number of hydrogen-bond acceptors (Lipinski definition) is 1. The molecule has 0 aromatic heterocycles. The zero-order valence-electron chi connectivity index (χ0n) is 3.71. The fraction of sp³-hybridized carbons (Fsp3) is 1.00. The first-order valence-corrected chi connectivity index (χ1v) is 3.83. The summed E-state index contributed by atoms with van der Waals surface area (Å²) in [6.45, 7) is 2.60. The second kappa shape index (κ2) is 2.96. The van der Waals surface area contributed by atoms with Gasteiger partial charge in [0.25, 0.3) is 0 Å². The maximum Gasteiger partial charge on any atom is 0.194 e. The molecule has 0 atom stereocenters. The van der Waals surface area contributed by atoms with Crippen LogP contribution in [0.2, 0.25) is 0 Å². The minimum atomic E-state index is -2.64. The SMILES string of the molecule is CP(C)(=O)O.[W]. The third-order valence-electron chi connectivity index (χ3n) is 0. The molecule has 0 saturated heterocycles. The van der Waals surface area contributed by atoms with Crippen LogP contribution in [-0.2, 0) is 25.6 Å². The Hall–Kier alpha value is 0.878. The monoisotopic (exact) mass is 278 g/mol. The van der Waals surface area contributed by atoms with Crippen molar-refractivity contribution in [2.45, 2.75) is 0 Å². The van der Waals surface area contributed by atoms with Crippen molar-refractivity contribution >= 4 is 7.37 Å². The van der Waals surface area contributed by atoms with Gasteiger partial charge in [-0.25, -0.2) is 0 Å². The summed E-state index contributed by atoms with van der Waals surface area (Å²) in [6, 6.07) is 0. The fourth-order valence-electron chi connectivity index (χ4n) is 0. The van der Waals surface area contributed by atoms with Gasteiger partial charge in [0.05, 0.1) is 0 Å². The van der Waals surface area contributed by atoms with E-state index in [1.165, 1.54) is 13.3 Å². The minimum absolute atomic E-state index is 0. The normalized spacial score (nSPS) is 9.83. The molecule has 2 nitrogen and oxygen atoms in total. The third-order valence-corrected chi connectivity index (χ3v) is 0. The van der Waals surface area contributed by atoms with Crippen LogP contribution in [0.4, 0.5) is 0 Å². The van der Waals surface area contributed by atoms with Crippen molar-refractivity contribution in [3.8, 4) is 0 Å². The summed E-state index contributed by atoms with van der Waals surface area (Å²) in [7, 11) is -2.64. The first-order valence-electron chi connectivity index (χ1n) is 1.28. The van der Waals surface area contributed by atoms with E-state index in [9.17, 15) is 4.57 Å². The molecular formula is C2H7O2PW. The van der Waals surface area contributed by atoms with E-state index >= 15 is 0 Å². The van der Waals surface area contributed by atoms with Crippen LogP contribution in [0.3, 0.4) is 0 Å². The van der Waals surface area contributed by atoms with Crippen molar-refractivity contribution in [2.24, 2.45) is 0 Å². The topological polar surface area (TPSA) is 37.3 Å². The molecule has 0 heterocycles. The van der Waals surface area contributed by atoms with E-state index < -0.39 is 7.37 Å². The predicted molar refractivity (Wildman–Crippen MR) is 21.7 cm³/mol. The average Bonchev–Trinajstić information content (AvgIpc) is 0.722. The molecule has 0 amide bonds. The van der Waals surface area contributed by atoms with E-state index in [2.05, 4.69) is 0 Å². The van der Waals surface area contributed by atoms with Crippen LogP contribution >= 0.6 is 7.37 Å². The Bertz CT molecular complexity index is 57.7. The van der Waals surface area contributed by atoms with Gasteiger partial charge in [0.2, 0.25) is 0 Å². The molecule has 0 rings (SSSR count). The Morgan fingerprint density at radius 3 is 1.50 bits per heavy atom. The Labute approximate surface area is 51.7 Å². The van der Waals surface area contributed by atoms with Crippen molar-refractivity contribution in [1.82, 2.24) is 0 Å². The van der Waals surface area contributed by atoms with Gasteiger partial charge < -0.3 is 4.89 Å². The zero-order chi connectivity index (χ0) is 4.50. The summed E-state index contributed by atoms with van der Waals surface area (Å²) >= 11 is 0. The minimum Gasteiger partial charge on any atom is -0.345 e. The average molecular weight is 278 g/mol. The zero-order valence-corrected chi connectivity index (χ0v) is 7.54. The van der Waals surface area contributed by atoms with Gasteiger partial charge in [-0.3, -0.25) is 4.57 Å². The van der Waals surface area contributed by atoms with Gasteiger partial charge in [-0.15, -0.1) is 0 Å². The molecule has 0 aromatic rings. The molecule has 6 heavy (non-hydrogen) atoms. The van der Waals surface area contributed by atoms with Crippen molar-refractivity contribution in [3.05, 3.63) is 0 Å². The Morgan fingerprint density at radius 1 is 1.50 bits per heavy atom. The standard InChI is InChI=1S/C2H7O2P.W/c1-5(2,3)4;/h1-2H3,(H,3,4);. The molecular weight excluding hydrogens is 271 g/mol. The van der Waals surface area contributed by atoms with Crippen LogP contribution in [0.25, 0.3) is 0 Å². The summed E-state index contributed by atoms with van der Waals surface area (Å²) in [5.41, 5.74) is 0. The quantitative estimate of drug-likeness (QED) is 0.656. The number of hydrogen-bond donors (Lipinski definition) is 1. The van der Waals surface area contributed by atoms with Crippen LogP contribution in [0.15, 0.2) is 0 Å². The van der Waals surface area contributed by atoms with Crippen LogP contribution in [-0.4, -0.2) is 18.2 Å². The summed E-state index contributed by atoms with van der Waals surface area (Å²) in [4.78, 5) is 8.08. The predicted octanol–water partition coefficient (Wildman–Crippen LogP) is 0.514. The molecule has 0 aliphatic carbocycles. The van der Waals surface area contributed by atoms with Gasteiger partial charge in [0.1, 0.15) is 0 Å². The molecule has 0 aliphatic heterocycles. The van der Waals surface area contributed by atoms with E-state index in [1.54, 1.807) is 0 Å². The first-order chi connectivity index (χ1) is 2.00. The maximum atomic E-state index is 9.77. The van der Waals surface area contributed by atoms with E-state index in [0.29, 0.717) is 0 Å². The third kappa shape index (κ3) is 95.1. The largest absolute Gasteiger partial charge is 0.345 e. The molecule has 0 unspecified atom stereocenters. The molecule has 0 spiro atoms. The smallest absolute Gasteiger partial charge is 0.194 e. The summed E-state index contributed by atoms with van der Waals surface area (Å²) in [5.74, 6) is 0. The van der Waals surface area contributed by atoms with E-state index in [1.807, 2.05) is 0 Å². The number of rotatable bonds is 0. The Morgan fingerprint density at radius 2 is 1.50 bits per heavy atom. The van der Waals surface area contributed by atoms with Gasteiger partial charge in [0, 0.05) is 34.4 Å².